The first kappa shape index (κ1) is 13.2. The lowest BCUT2D eigenvalue weighted by molar-refractivity contribution is -0.121. The zero-order chi connectivity index (χ0) is 13.9. The zero-order valence-electron chi connectivity index (χ0n) is 11.3. The van der Waals surface area contributed by atoms with Crippen LogP contribution in [0.15, 0.2) is 22.9 Å². The number of hydrogen-bond donors (Lipinski definition) is 0. The molecular weight excluding hydrogens is 259 g/mol. The Kier molecular flexibility index (Phi) is 3.78. The van der Waals surface area contributed by atoms with Crippen molar-refractivity contribution in [2.45, 2.75) is 25.7 Å². The average molecular weight is 276 g/mol. The van der Waals surface area contributed by atoms with E-state index in [1.165, 1.54) is 6.07 Å². The van der Waals surface area contributed by atoms with E-state index in [-0.39, 0.29) is 5.82 Å². The Balaban J connectivity index is 1.60. The predicted molar refractivity (Wildman–Crippen MR) is 73.0 cm³/mol. The third kappa shape index (κ3) is 2.88. The number of carbonyl (C=O) groups is 1. The van der Waals surface area contributed by atoms with E-state index in [0.29, 0.717) is 24.2 Å². The van der Waals surface area contributed by atoms with Gasteiger partial charge in [0.1, 0.15) is 11.6 Å². The second-order valence-electron chi connectivity index (χ2n) is 5.29. The molecule has 1 aromatic carbocycles. The molecule has 106 valence electrons. The molecule has 1 aliphatic heterocycles. The highest BCUT2D eigenvalue weighted by molar-refractivity contribution is 5.80. The van der Waals surface area contributed by atoms with Gasteiger partial charge < -0.3 is 9.42 Å². The number of nitrogens with zero attached hydrogens (tertiary/aromatic N) is 2. The van der Waals surface area contributed by atoms with Gasteiger partial charge in [-0.05, 0) is 31.0 Å². The van der Waals surface area contributed by atoms with Crippen LogP contribution >= 0.6 is 0 Å². The molecule has 2 aromatic rings. The topological polar surface area (TPSA) is 46.3 Å². The van der Waals surface area contributed by atoms with Crippen LogP contribution in [0.25, 0.3) is 11.0 Å². The molecule has 3 rings (SSSR count). The summed E-state index contributed by atoms with van der Waals surface area (Å²) in [6.07, 6.45) is 4.70. The van der Waals surface area contributed by atoms with Gasteiger partial charge in [-0.25, -0.2) is 4.39 Å². The van der Waals surface area contributed by atoms with Gasteiger partial charge in [0.05, 0.1) is 6.20 Å². The summed E-state index contributed by atoms with van der Waals surface area (Å²) < 4.78 is 18.5. The Morgan fingerprint density at radius 2 is 2.10 bits per heavy atom. The maximum atomic E-state index is 13.5. The Morgan fingerprint density at radius 1 is 1.30 bits per heavy atom. The number of halogens is 1. The number of aryl methyl sites for hydroxylation is 1. The lowest BCUT2D eigenvalue weighted by atomic mass is 10.0. The third-order valence-electron chi connectivity index (χ3n) is 3.86. The highest BCUT2D eigenvalue weighted by atomic mass is 19.1. The fourth-order valence-electron chi connectivity index (χ4n) is 2.73. The van der Waals surface area contributed by atoms with Crippen molar-refractivity contribution in [3.05, 3.63) is 29.7 Å². The van der Waals surface area contributed by atoms with E-state index in [0.717, 1.165) is 43.4 Å². The number of benzene rings is 1. The minimum absolute atomic E-state index is 0.284. The number of ketones is 1. The predicted octanol–water partition coefficient (Wildman–Crippen LogP) is 2.56. The van der Waals surface area contributed by atoms with E-state index < -0.39 is 0 Å². The number of likely N-dealkylation sites (tertiary alicyclic amines) is 1. The number of carbonyl (C=O) groups excluding carboxylic acids is 1. The molecule has 1 saturated heterocycles. The Labute approximate surface area is 116 Å². The van der Waals surface area contributed by atoms with E-state index >= 15 is 0 Å². The summed E-state index contributed by atoms with van der Waals surface area (Å²) in [5, 5.41) is 4.61. The van der Waals surface area contributed by atoms with Crippen LogP contribution in [0.3, 0.4) is 0 Å². The summed E-state index contributed by atoms with van der Waals surface area (Å²) in [7, 11) is 0. The maximum Gasteiger partial charge on any atom is 0.170 e. The lowest BCUT2D eigenvalue weighted by Crippen LogP contribution is -2.34. The van der Waals surface area contributed by atoms with Gasteiger partial charge in [0, 0.05) is 37.4 Å². The molecule has 1 aliphatic rings. The van der Waals surface area contributed by atoms with Crippen LogP contribution in [-0.4, -0.2) is 35.5 Å². The van der Waals surface area contributed by atoms with Crippen molar-refractivity contribution < 1.29 is 13.7 Å². The van der Waals surface area contributed by atoms with Crippen LogP contribution in [0, 0.1) is 5.82 Å². The first-order valence-corrected chi connectivity index (χ1v) is 6.99. The molecule has 5 heteroatoms. The van der Waals surface area contributed by atoms with Gasteiger partial charge in [0.2, 0.25) is 0 Å². The smallest absolute Gasteiger partial charge is 0.170 e. The summed E-state index contributed by atoms with van der Waals surface area (Å²) in [5.41, 5.74) is 1.44. The first-order valence-electron chi connectivity index (χ1n) is 6.99. The first-order chi connectivity index (χ1) is 9.72. The number of aromatic nitrogens is 1. The molecule has 0 amide bonds. The van der Waals surface area contributed by atoms with Crippen molar-refractivity contribution in [3.8, 4) is 0 Å². The van der Waals surface area contributed by atoms with Crippen LogP contribution in [0.1, 0.15) is 24.8 Å². The van der Waals surface area contributed by atoms with Gasteiger partial charge in [-0.3, -0.25) is 4.79 Å². The fraction of sp³-hybridized carbons (Fsp3) is 0.467. The highest BCUT2D eigenvalue weighted by Crippen LogP contribution is 2.21. The molecule has 0 atom stereocenters. The highest BCUT2D eigenvalue weighted by Gasteiger charge is 2.15. The molecule has 0 N–H and O–H groups in total. The Bertz CT molecular complexity index is 613. The summed E-state index contributed by atoms with van der Waals surface area (Å²) in [6.45, 7) is 2.64. The molecular formula is C15H17FN2O2. The van der Waals surface area contributed by atoms with Crippen LogP contribution in [0.2, 0.25) is 0 Å². The zero-order valence-corrected chi connectivity index (χ0v) is 11.3. The van der Waals surface area contributed by atoms with E-state index in [9.17, 15) is 9.18 Å². The van der Waals surface area contributed by atoms with Crippen molar-refractivity contribution in [1.29, 1.82) is 0 Å². The Hall–Kier alpha value is -1.75. The van der Waals surface area contributed by atoms with Crippen LogP contribution in [-0.2, 0) is 11.2 Å². The van der Waals surface area contributed by atoms with Crippen LogP contribution in [0.4, 0.5) is 4.39 Å². The van der Waals surface area contributed by atoms with E-state index in [2.05, 4.69) is 10.1 Å². The fourth-order valence-corrected chi connectivity index (χ4v) is 2.73. The summed E-state index contributed by atoms with van der Waals surface area (Å²) in [4.78, 5) is 13.5. The van der Waals surface area contributed by atoms with E-state index in [4.69, 9.17) is 4.52 Å². The maximum absolute atomic E-state index is 13.5. The summed E-state index contributed by atoms with van der Waals surface area (Å²) in [5.74, 6) is 0.0744. The molecule has 2 heterocycles. The van der Waals surface area contributed by atoms with Crippen LogP contribution in [0.5, 0.6) is 0 Å². The van der Waals surface area contributed by atoms with Gasteiger partial charge in [-0.1, -0.05) is 5.16 Å². The molecule has 20 heavy (non-hydrogen) atoms. The van der Waals surface area contributed by atoms with Gasteiger partial charge in [-0.15, -0.1) is 0 Å². The number of piperidine rings is 1. The monoisotopic (exact) mass is 276 g/mol. The van der Waals surface area contributed by atoms with E-state index in [1.807, 2.05) is 0 Å². The largest absolute Gasteiger partial charge is 0.356 e. The van der Waals surface area contributed by atoms with Gasteiger partial charge in [-0.2, -0.15) is 0 Å². The summed E-state index contributed by atoms with van der Waals surface area (Å²) >= 11 is 0. The van der Waals surface area contributed by atoms with Gasteiger partial charge in [0.25, 0.3) is 0 Å². The standard InChI is InChI=1S/C15H17FN2O2/c16-12-8-11(14-10-17-20-15(14)9-12)2-1-5-18-6-3-13(19)4-7-18/h8-10H,1-7H2. The van der Waals surface area contributed by atoms with Gasteiger partial charge in [0.15, 0.2) is 5.58 Å². The second-order valence-corrected chi connectivity index (χ2v) is 5.29. The van der Waals surface area contributed by atoms with Crippen molar-refractivity contribution in [2.75, 3.05) is 19.6 Å². The van der Waals surface area contributed by atoms with Crippen molar-refractivity contribution in [1.82, 2.24) is 10.1 Å². The lowest BCUT2D eigenvalue weighted by Gasteiger charge is -2.25. The molecule has 0 bridgehead atoms. The number of hydrogen-bond acceptors (Lipinski definition) is 4. The third-order valence-corrected chi connectivity index (χ3v) is 3.86. The molecule has 4 nitrogen and oxygen atoms in total. The molecule has 0 aliphatic carbocycles. The second kappa shape index (κ2) is 5.71. The molecule has 0 saturated carbocycles. The van der Waals surface area contributed by atoms with E-state index in [1.54, 1.807) is 12.3 Å². The minimum Gasteiger partial charge on any atom is -0.356 e. The van der Waals surface area contributed by atoms with Crippen molar-refractivity contribution in [2.24, 2.45) is 0 Å². The SMILES string of the molecule is O=C1CCN(CCCc2cc(F)cc3oncc23)CC1. The molecule has 1 fully saturated rings. The van der Waals surface area contributed by atoms with Gasteiger partial charge >= 0.3 is 0 Å². The molecule has 0 unspecified atom stereocenters. The Morgan fingerprint density at radius 3 is 2.90 bits per heavy atom. The number of Topliss-reactive ketones (excluding diaryl/α,β-unsaturated/α-hetero) is 1. The number of rotatable bonds is 4. The molecule has 1 aromatic heterocycles. The number of fused-ring (bicyclic) bond motifs is 1. The summed E-state index contributed by atoms with van der Waals surface area (Å²) in [6, 6.07) is 2.92. The normalized spacial score (nSPS) is 16.9. The van der Waals surface area contributed by atoms with Crippen molar-refractivity contribution >= 4 is 16.8 Å². The molecule has 0 spiro atoms. The van der Waals surface area contributed by atoms with Crippen molar-refractivity contribution in [3.63, 3.8) is 0 Å². The molecule has 0 radical (unpaired) electrons. The minimum atomic E-state index is -0.284. The van der Waals surface area contributed by atoms with Crippen LogP contribution < -0.4 is 0 Å². The average Bonchev–Trinajstić information content (AvgIpc) is 2.89. The quantitative estimate of drug-likeness (QED) is 0.861.